The Bertz CT molecular complexity index is 1510. The zero-order valence-electron chi connectivity index (χ0n) is 25.1. The van der Waals surface area contributed by atoms with Crippen molar-refractivity contribution in [1.82, 2.24) is 9.21 Å². The largest absolute Gasteiger partial charge is 0.444 e. The van der Waals surface area contributed by atoms with Gasteiger partial charge in [-0.05, 0) is 100 Å². The molecule has 3 aliphatic rings. The van der Waals surface area contributed by atoms with Gasteiger partial charge in [-0.2, -0.15) is 9.57 Å². The highest BCUT2D eigenvalue weighted by Gasteiger charge is 2.52. The molecule has 0 spiro atoms. The van der Waals surface area contributed by atoms with E-state index in [-0.39, 0.29) is 35.5 Å². The number of rotatable bonds is 8. The smallest absolute Gasteiger partial charge is 0.411 e. The Labute approximate surface area is 253 Å². The summed E-state index contributed by atoms with van der Waals surface area (Å²) in [7, 11) is -3.56. The van der Waals surface area contributed by atoms with Crippen LogP contribution in [0.2, 0.25) is 0 Å². The zero-order chi connectivity index (χ0) is 30.9. The van der Waals surface area contributed by atoms with Crippen molar-refractivity contribution in [2.75, 3.05) is 13.1 Å². The number of nitrogens with zero attached hydrogens (tertiary/aromatic N) is 3. The Morgan fingerprint density at radius 2 is 1.72 bits per heavy atom. The standard InChI is InChI=1S/C33H40FN3O5S/c1-33(2,3)42-32(39)37-27-12-9-26(19-27)31(37)30(38)18-22(21-35)17-25-8-7-24(20-29(25)34)23-10-13-28(14-11-23)43(40,41)36-15-5-4-6-16-36/h7-8,10-11,13-14,20,22,26-27,31H,4-6,9,12,15-19H2,1-3H3/t22-,26+,27-,31+/m1/s1. The predicted octanol–water partition coefficient (Wildman–Crippen LogP) is 6.10. The number of likely N-dealkylation sites (tertiary alicyclic amines) is 1. The van der Waals surface area contributed by atoms with E-state index < -0.39 is 39.5 Å². The van der Waals surface area contributed by atoms with Gasteiger partial charge < -0.3 is 4.74 Å². The fraction of sp³-hybridized carbons (Fsp3) is 0.545. The second-order valence-corrected chi connectivity index (χ2v) is 15.0. The first-order valence-corrected chi connectivity index (χ1v) is 16.6. The summed E-state index contributed by atoms with van der Waals surface area (Å²) in [5.41, 5.74) is 0.902. The molecule has 1 amide bonds. The van der Waals surface area contributed by atoms with Crippen molar-refractivity contribution in [1.29, 1.82) is 5.26 Å². The molecule has 2 saturated heterocycles. The number of benzene rings is 2. The Hall–Kier alpha value is -3.29. The number of carbonyl (C=O) groups is 2. The average molecular weight is 610 g/mol. The van der Waals surface area contributed by atoms with Crippen LogP contribution < -0.4 is 0 Å². The topological polar surface area (TPSA) is 108 Å². The number of carbonyl (C=O) groups excluding carboxylic acids is 2. The molecular weight excluding hydrogens is 569 g/mol. The molecule has 230 valence electrons. The molecular formula is C33H40FN3O5S. The van der Waals surface area contributed by atoms with Gasteiger partial charge in [0.15, 0.2) is 5.78 Å². The lowest BCUT2D eigenvalue weighted by Gasteiger charge is -2.35. The van der Waals surface area contributed by atoms with E-state index in [1.165, 1.54) is 10.4 Å². The lowest BCUT2D eigenvalue weighted by atomic mass is 9.87. The molecule has 10 heteroatoms. The molecule has 1 aliphatic carbocycles. The lowest BCUT2D eigenvalue weighted by Crippen LogP contribution is -2.51. The summed E-state index contributed by atoms with van der Waals surface area (Å²) in [6.45, 7) is 6.41. The van der Waals surface area contributed by atoms with Crippen molar-refractivity contribution in [3.8, 4) is 17.2 Å². The van der Waals surface area contributed by atoms with Gasteiger partial charge >= 0.3 is 6.09 Å². The maximum Gasteiger partial charge on any atom is 0.411 e. The second kappa shape index (κ2) is 12.4. The summed E-state index contributed by atoms with van der Waals surface area (Å²) in [5.74, 6) is -1.36. The third kappa shape index (κ3) is 6.78. The number of piperidine rings is 2. The number of nitriles is 1. The first kappa shape index (κ1) is 31.1. The lowest BCUT2D eigenvalue weighted by molar-refractivity contribution is -0.126. The van der Waals surface area contributed by atoms with E-state index in [9.17, 15) is 23.3 Å². The molecule has 5 rings (SSSR count). The van der Waals surface area contributed by atoms with Gasteiger partial charge in [-0.25, -0.2) is 17.6 Å². The van der Waals surface area contributed by atoms with Crippen LogP contribution in [-0.4, -0.2) is 60.3 Å². The molecule has 2 heterocycles. The third-order valence-electron chi connectivity index (χ3n) is 8.81. The number of ether oxygens (including phenoxy) is 1. The molecule has 2 bridgehead atoms. The fourth-order valence-electron chi connectivity index (χ4n) is 6.74. The van der Waals surface area contributed by atoms with Gasteiger partial charge in [0.2, 0.25) is 10.0 Å². The molecule has 1 saturated carbocycles. The number of halogens is 1. The van der Waals surface area contributed by atoms with Gasteiger partial charge in [0.05, 0.1) is 22.9 Å². The number of ketones is 1. The van der Waals surface area contributed by atoms with E-state index in [1.54, 1.807) is 62.1 Å². The van der Waals surface area contributed by atoms with Gasteiger partial charge in [0.1, 0.15) is 11.4 Å². The van der Waals surface area contributed by atoms with Gasteiger partial charge in [-0.15, -0.1) is 0 Å². The van der Waals surface area contributed by atoms with Crippen LogP contribution >= 0.6 is 0 Å². The molecule has 2 aliphatic heterocycles. The van der Waals surface area contributed by atoms with Crippen LogP contribution in [0.4, 0.5) is 9.18 Å². The Morgan fingerprint density at radius 3 is 2.35 bits per heavy atom. The molecule has 43 heavy (non-hydrogen) atoms. The van der Waals surface area contributed by atoms with Crippen LogP contribution in [0.25, 0.3) is 11.1 Å². The molecule has 0 radical (unpaired) electrons. The minimum absolute atomic E-state index is 0.0294. The van der Waals surface area contributed by atoms with Crippen LogP contribution in [0.1, 0.15) is 71.3 Å². The fourth-order valence-corrected chi connectivity index (χ4v) is 8.26. The minimum atomic E-state index is -3.56. The quantitative estimate of drug-likeness (QED) is 0.358. The Morgan fingerprint density at radius 1 is 1.05 bits per heavy atom. The average Bonchev–Trinajstić information content (AvgIpc) is 3.60. The van der Waals surface area contributed by atoms with Crippen LogP contribution in [0, 0.1) is 29.0 Å². The highest BCUT2D eigenvalue weighted by Crippen LogP contribution is 2.44. The van der Waals surface area contributed by atoms with E-state index >= 15 is 4.39 Å². The van der Waals surface area contributed by atoms with Gasteiger partial charge in [-0.3, -0.25) is 9.69 Å². The van der Waals surface area contributed by atoms with Crippen molar-refractivity contribution >= 4 is 21.9 Å². The number of hydrogen-bond donors (Lipinski definition) is 0. The molecule has 2 aromatic carbocycles. The van der Waals surface area contributed by atoms with Crippen molar-refractivity contribution in [2.45, 2.75) is 94.7 Å². The molecule has 8 nitrogen and oxygen atoms in total. The van der Waals surface area contributed by atoms with Crippen LogP contribution in [0.3, 0.4) is 0 Å². The van der Waals surface area contributed by atoms with E-state index in [4.69, 9.17) is 4.74 Å². The third-order valence-corrected chi connectivity index (χ3v) is 10.7. The second-order valence-electron chi connectivity index (χ2n) is 13.1. The minimum Gasteiger partial charge on any atom is -0.444 e. The summed E-state index contributed by atoms with van der Waals surface area (Å²) >= 11 is 0. The van der Waals surface area contributed by atoms with Gasteiger partial charge in [0, 0.05) is 25.6 Å². The summed E-state index contributed by atoms with van der Waals surface area (Å²) in [4.78, 5) is 28.2. The van der Waals surface area contributed by atoms with Crippen LogP contribution in [0.15, 0.2) is 47.4 Å². The first-order chi connectivity index (χ1) is 20.4. The maximum absolute atomic E-state index is 15.3. The van der Waals surface area contributed by atoms with E-state index in [0.29, 0.717) is 29.8 Å². The zero-order valence-corrected chi connectivity index (χ0v) is 25.9. The molecule has 3 fully saturated rings. The highest BCUT2D eigenvalue weighted by atomic mass is 32.2. The maximum atomic E-state index is 15.3. The normalized spacial score (nSPS) is 23.1. The number of amides is 1. The molecule has 0 aromatic heterocycles. The molecule has 0 N–H and O–H groups in total. The monoisotopic (exact) mass is 609 g/mol. The SMILES string of the molecule is CC(C)(C)OC(=O)N1[C@@H]2CC[C@@H](C2)[C@H]1C(=O)C[C@H](C#N)Cc1ccc(-c2ccc(S(=O)(=O)N3CCCCC3)cc2)cc1F. The number of sulfonamides is 1. The van der Waals surface area contributed by atoms with Crippen LogP contribution in [0.5, 0.6) is 0 Å². The van der Waals surface area contributed by atoms with Crippen molar-refractivity contribution in [3.05, 3.63) is 53.8 Å². The van der Waals surface area contributed by atoms with Crippen molar-refractivity contribution < 1.29 is 27.1 Å². The summed E-state index contributed by atoms with van der Waals surface area (Å²) in [6, 6.07) is 12.7. The molecule has 2 aromatic rings. The number of Topliss-reactive ketones (excluding diaryl/α,β-unsaturated/α-hetero) is 1. The van der Waals surface area contributed by atoms with Crippen molar-refractivity contribution in [2.24, 2.45) is 11.8 Å². The number of fused-ring (bicyclic) bond motifs is 2. The van der Waals surface area contributed by atoms with Gasteiger partial charge in [-0.1, -0.05) is 30.7 Å². The van der Waals surface area contributed by atoms with E-state index in [1.807, 2.05) is 0 Å². The molecule has 4 atom stereocenters. The van der Waals surface area contributed by atoms with E-state index in [2.05, 4.69) is 6.07 Å². The Kier molecular flexibility index (Phi) is 8.96. The van der Waals surface area contributed by atoms with Gasteiger partial charge in [0.25, 0.3) is 0 Å². The first-order valence-electron chi connectivity index (χ1n) is 15.2. The summed E-state index contributed by atoms with van der Waals surface area (Å²) in [6.07, 6.45) is 4.70. The predicted molar refractivity (Wildman–Crippen MR) is 160 cm³/mol. The highest BCUT2D eigenvalue weighted by molar-refractivity contribution is 7.89. The summed E-state index contributed by atoms with van der Waals surface area (Å²) in [5, 5.41) is 9.87. The molecule has 0 unspecified atom stereocenters. The van der Waals surface area contributed by atoms with Crippen molar-refractivity contribution in [3.63, 3.8) is 0 Å². The Balaban J connectivity index is 1.25. The number of hydrogen-bond acceptors (Lipinski definition) is 6. The van der Waals surface area contributed by atoms with Crippen LogP contribution in [-0.2, 0) is 26.0 Å². The summed E-state index contributed by atoms with van der Waals surface area (Å²) < 4.78 is 48.3. The van der Waals surface area contributed by atoms with E-state index in [0.717, 1.165) is 38.5 Å².